The van der Waals surface area contributed by atoms with Crippen LogP contribution in [0.25, 0.3) is 11.0 Å². The summed E-state index contributed by atoms with van der Waals surface area (Å²) in [6, 6.07) is 25.4. The normalized spacial score (nSPS) is 12.8. The van der Waals surface area contributed by atoms with Crippen LogP contribution in [0.4, 0.5) is 0 Å². The smallest absolute Gasteiger partial charge is 0.343 e. The summed E-state index contributed by atoms with van der Waals surface area (Å²) >= 11 is 0. The molecule has 5 nitrogen and oxygen atoms in total. The fourth-order valence-electron chi connectivity index (χ4n) is 3.57. The van der Waals surface area contributed by atoms with Gasteiger partial charge in [0, 0.05) is 12.3 Å². The zero-order valence-corrected chi connectivity index (χ0v) is 15.5. The van der Waals surface area contributed by atoms with Crippen LogP contribution in [0.2, 0.25) is 0 Å². The van der Waals surface area contributed by atoms with E-state index in [1.54, 1.807) is 24.3 Å². The van der Waals surface area contributed by atoms with E-state index in [1.807, 2.05) is 60.7 Å². The molecule has 0 unspecified atom stereocenters. The van der Waals surface area contributed by atoms with Crippen LogP contribution < -0.4 is 5.63 Å². The second-order valence-corrected chi connectivity index (χ2v) is 6.73. The van der Waals surface area contributed by atoms with Gasteiger partial charge in [-0.15, -0.1) is 0 Å². The molecule has 4 aromatic rings. The summed E-state index contributed by atoms with van der Waals surface area (Å²) in [4.78, 5) is 12.8. The number of fused-ring (bicyclic) bond motifs is 1. The van der Waals surface area contributed by atoms with Crippen molar-refractivity contribution < 1.29 is 14.7 Å². The molecule has 144 valence electrons. The van der Waals surface area contributed by atoms with Crippen LogP contribution in [-0.2, 0) is 0 Å². The van der Waals surface area contributed by atoms with E-state index in [4.69, 9.17) is 4.42 Å². The van der Waals surface area contributed by atoms with E-state index in [-0.39, 0.29) is 17.7 Å². The van der Waals surface area contributed by atoms with Crippen molar-refractivity contribution in [3.05, 3.63) is 112 Å². The monoisotopic (exact) mass is 385 g/mol. The van der Waals surface area contributed by atoms with Gasteiger partial charge in [0.15, 0.2) is 0 Å². The van der Waals surface area contributed by atoms with Crippen LogP contribution >= 0.6 is 0 Å². The van der Waals surface area contributed by atoms with Gasteiger partial charge in [-0.05, 0) is 23.3 Å². The molecule has 0 aliphatic rings. The molecule has 0 aliphatic carbocycles. The molecule has 0 radical (unpaired) electrons. The van der Waals surface area contributed by atoms with Gasteiger partial charge in [-0.2, -0.15) is 0 Å². The molecule has 0 bridgehead atoms. The van der Waals surface area contributed by atoms with Crippen molar-refractivity contribution in [2.75, 3.05) is 0 Å². The molecule has 0 fully saturated rings. The highest BCUT2D eigenvalue weighted by Crippen LogP contribution is 2.36. The molecule has 1 heterocycles. The maximum absolute atomic E-state index is 12.8. The van der Waals surface area contributed by atoms with E-state index in [0.29, 0.717) is 16.7 Å². The van der Waals surface area contributed by atoms with Crippen LogP contribution in [0.15, 0.2) is 99.3 Å². The Kier molecular flexibility index (Phi) is 5.12. The second-order valence-electron chi connectivity index (χ2n) is 6.73. The van der Waals surface area contributed by atoms with E-state index in [2.05, 4.69) is 5.16 Å². The van der Waals surface area contributed by atoms with Crippen molar-refractivity contribution in [3.63, 3.8) is 0 Å². The molecule has 1 aromatic heterocycles. The molecule has 5 heteroatoms. The lowest BCUT2D eigenvalue weighted by atomic mass is 9.85. The van der Waals surface area contributed by atoms with E-state index in [9.17, 15) is 15.1 Å². The van der Waals surface area contributed by atoms with Crippen molar-refractivity contribution >= 4 is 16.7 Å². The molecule has 0 amide bonds. The highest BCUT2D eigenvalue weighted by Gasteiger charge is 2.26. The van der Waals surface area contributed by atoms with Gasteiger partial charge in [0.2, 0.25) is 0 Å². The third-order valence-corrected chi connectivity index (χ3v) is 5.00. The van der Waals surface area contributed by atoms with Crippen LogP contribution in [0, 0.1) is 0 Å². The minimum absolute atomic E-state index is 0.115. The number of aromatic hydroxyl groups is 1. The summed E-state index contributed by atoms with van der Waals surface area (Å²) in [6.07, 6.45) is 0.210. The van der Waals surface area contributed by atoms with Crippen molar-refractivity contribution in [1.82, 2.24) is 0 Å². The summed E-state index contributed by atoms with van der Waals surface area (Å²) in [6.45, 7) is 0. The molecule has 0 saturated heterocycles. The van der Waals surface area contributed by atoms with E-state index >= 15 is 0 Å². The number of para-hydroxylation sites is 1. The Balaban J connectivity index is 1.89. The number of hydrogen-bond donors (Lipinski definition) is 2. The fraction of sp³-hybridized carbons (Fsp3) is 0.0833. The van der Waals surface area contributed by atoms with Crippen molar-refractivity contribution in [1.29, 1.82) is 0 Å². The zero-order valence-electron chi connectivity index (χ0n) is 15.5. The molecule has 4 rings (SSSR count). The molecular weight excluding hydrogens is 366 g/mol. The molecule has 0 spiro atoms. The first-order valence-electron chi connectivity index (χ1n) is 9.25. The Morgan fingerprint density at radius 3 is 2.21 bits per heavy atom. The van der Waals surface area contributed by atoms with Gasteiger partial charge in [0.25, 0.3) is 0 Å². The summed E-state index contributed by atoms with van der Waals surface area (Å²) in [7, 11) is 0. The summed E-state index contributed by atoms with van der Waals surface area (Å²) in [5.41, 5.74) is 1.81. The van der Waals surface area contributed by atoms with E-state index in [1.165, 1.54) is 0 Å². The Morgan fingerprint density at radius 1 is 0.897 bits per heavy atom. The maximum atomic E-state index is 12.8. The van der Waals surface area contributed by atoms with Gasteiger partial charge in [-0.25, -0.2) is 4.79 Å². The summed E-state index contributed by atoms with van der Waals surface area (Å²) < 4.78 is 5.48. The number of nitrogens with zero attached hydrogens (tertiary/aromatic N) is 1. The van der Waals surface area contributed by atoms with Crippen LogP contribution in [0.5, 0.6) is 5.75 Å². The van der Waals surface area contributed by atoms with Crippen molar-refractivity contribution in [2.24, 2.45) is 5.16 Å². The molecular formula is C24H19NO4. The number of oxime groups is 1. The molecule has 1 atom stereocenters. The van der Waals surface area contributed by atoms with Crippen molar-refractivity contribution in [2.45, 2.75) is 12.3 Å². The number of rotatable bonds is 5. The Morgan fingerprint density at radius 2 is 1.52 bits per heavy atom. The molecule has 0 aliphatic heterocycles. The van der Waals surface area contributed by atoms with Gasteiger partial charge in [-0.1, -0.05) is 78.0 Å². The van der Waals surface area contributed by atoms with Gasteiger partial charge < -0.3 is 14.7 Å². The second kappa shape index (κ2) is 8.02. The standard InChI is InChI=1S/C24H19NO4/c26-23-18-13-7-8-14-21(18)29-24(27)22(23)19(16-9-3-1-4-10-16)15-20(25-28)17-11-5-2-6-12-17/h1-14,19,26,28H,15H2/b25-20+/t19-/m0/s1. The third-order valence-electron chi connectivity index (χ3n) is 5.00. The zero-order chi connectivity index (χ0) is 20.2. The van der Waals surface area contributed by atoms with E-state index < -0.39 is 11.5 Å². The van der Waals surface area contributed by atoms with Crippen LogP contribution in [0.1, 0.15) is 29.0 Å². The van der Waals surface area contributed by atoms with Crippen LogP contribution in [-0.4, -0.2) is 16.0 Å². The highest BCUT2D eigenvalue weighted by atomic mass is 16.4. The number of hydrogen-bond acceptors (Lipinski definition) is 5. The SMILES string of the molecule is O=c1oc2ccccc2c(O)c1[C@@H](C/C(=N\O)c1ccccc1)c1ccccc1. The van der Waals surface area contributed by atoms with E-state index in [0.717, 1.165) is 11.1 Å². The third kappa shape index (κ3) is 3.62. The molecule has 2 N–H and O–H groups in total. The largest absolute Gasteiger partial charge is 0.507 e. The molecule has 0 saturated carbocycles. The lowest BCUT2D eigenvalue weighted by Gasteiger charge is -2.19. The lowest BCUT2D eigenvalue weighted by Crippen LogP contribution is -2.18. The topological polar surface area (TPSA) is 83.0 Å². The first-order chi connectivity index (χ1) is 14.2. The minimum Gasteiger partial charge on any atom is -0.507 e. The summed E-state index contributed by atoms with van der Waals surface area (Å²) in [5.74, 6) is -0.667. The summed E-state index contributed by atoms with van der Waals surface area (Å²) in [5, 5.41) is 24.5. The van der Waals surface area contributed by atoms with Gasteiger partial charge >= 0.3 is 5.63 Å². The quantitative estimate of drug-likeness (QED) is 0.222. The van der Waals surface area contributed by atoms with Gasteiger partial charge in [0.05, 0.1) is 16.7 Å². The fourth-order valence-corrected chi connectivity index (χ4v) is 3.57. The predicted octanol–water partition coefficient (Wildman–Crippen LogP) is 4.90. The first-order valence-corrected chi connectivity index (χ1v) is 9.25. The lowest BCUT2D eigenvalue weighted by molar-refractivity contribution is 0.317. The molecule has 29 heavy (non-hydrogen) atoms. The van der Waals surface area contributed by atoms with Gasteiger partial charge in [0.1, 0.15) is 11.3 Å². The first kappa shape index (κ1) is 18.5. The Labute approximate surface area is 167 Å². The molecule has 3 aromatic carbocycles. The Hall–Kier alpha value is -3.86. The Bertz CT molecular complexity index is 1210. The van der Waals surface area contributed by atoms with Gasteiger partial charge in [-0.3, -0.25) is 0 Å². The van der Waals surface area contributed by atoms with Crippen molar-refractivity contribution in [3.8, 4) is 5.75 Å². The maximum Gasteiger partial charge on any atom is 0.343 e. The highest BCUT2D eigenvalue weighted by molar-refractivity contribution is 6.01. The average molecular weight is 385 g/mol. The number of benzene rings is 3. The predicted molar refractivity (Wildman–Crippen MR) is 112 cm³/mol. The minimum atomic E-state index is -0.611. The average Bonchev–Trinajstić information content (AvgIpc) is 2.77. The van der Waals surface area contributed by atoms with Crippen LogP contribution in [0.3, 0.4) is 0 Å².